The molecule has 108 valence electrons. The molecule has 0 heterocycles. The van der Waals surface area contributed by atoms with E-state index in [4.69, 9.17) is 4.74 Å². The van der Waals surface area contributed by atoms with E-state index in [1.54, 1.807) is 0 Å². The Balaban J connectivity index is 3.27. The predicted octanol–water partition coefficient (Wildman–Crippen LogP) is 5.11. The minimum absolute atomic E-state index is 0.00273. The van der Waals surface area contributed by atoms with Gasteiger partial charge in [-0.15, -0.1) is 0 Å². The van der Waals surface area contributed by atoms with Crippen LogP contribution in [0, 0.1) is 5.92 Å². The van der Waals surface area contributed by atoms with E-state index in [1.807, 2.05) is 13.8 Å². The number of hydrogen-bond acceptors (Lipinski definition) is 2. The van der Waals surface area contributed by atoms with Gasteiger partial charge in [0.2, 0.25) is 0 Å². The lowest BCUT2D eigenvalue weighted by Crippen LogP contribution is -2.16. The summed E-state index contributed by atoms with van der Waals surface area (Å²) in [5.41, 5.74) is 0. The summed E-state index contributed by atoms with van der Waals surface area (Å²) in [5.74, 6) is 0.113. The summed E-state index contributed by atoms with van der Waals surface area (Å²) in [7, 11) is 0. The van der Waals surface area contributed by atoms with Crippen molar-refractivity contribution in [1.29, 1.82) is 0 Å². The van der Waals surface area contributed by atoms with Crippen LogP contribution in [-0.4, -0.2) is 12.6 Å². The van der Waals surface area contributed by atoms with Crippen LogP contribution in [0.15, 0.2) is 0 Å². The zero-order valence-electron chi connectivity index (χ0n) is 12.7. The van der Waals surface area contributed by atoms with Crippen LogP contribution in [0.4, 0.5) is 0 Å². The van der Waals surface area contributed by atoms with Crippen molar-refractivity contribution in [1.82, 2.24) is 0 Å². The molecule has 0 radical (unpaired) electrons. The SMILES string of the molecule is CCCCCCCCCCOC(=O)C(CC)CC. The van der Waals surface area contributed by atoms with Gasteiger partial charge in [0.25, 0.3) is 0 Å². The summed E-state index contributed by atoms with van der Waals surface area (Å²) >= 11 is 0. The average molecular weight is 256 g/mol. The molecule has 0 amide bonds. The van der Waals surface area contributed by atoms with Crippen LogP contribution >= 0.6 is 0 Å². The van der Waals surface area contributed by atoms with Gasteiger partial charge in [-0.05, 0) is 19.3 Å². The number of carbonyl (C=O) groups excluding carboxylic acids is 1. The van der Waals surface area contributed by atoms with Crippen LogP contribution in [0.2, 0.25) is 0 Å². The van der Waals surface area contributed by atoms with Crippen LogP contribution in [0.5, 0.6) is 0 Å². The number of hydrogen-bond donors (Lipinski definition) is 0. The first-order chi connectivity index (χ1) is 8.76. The van der Waals surface area contributed by atoms with Crippen LogP contribution in [0.1, 0.15) is 85.0 Å². The molecule has 0 aliphatic heterocycles. The second kappa shape index (κ2) is 12.9. The fourth-order valence-corrected chi connectivity index (χ4v) is 2.15. The highest BCUT2D eigenvalue weighted by atomic mass is 16.5. The Morgan fingerprint density at radius 3 is 1.83 bits per heavy atom. The third kappa shape index (κ3) is 9.49. The van der Waals surface area contributed by atoms with E-state index in [0.717, 1.165) is 19.3 Å². The molecule has 0 rings (SSSR count). The van der Waals surface area contributed by atoms with Gasteiger partial charge in [0.05, 0.1) is 12.5 Å². The lowest BCUT2D eigenvalue weighted by molar-refractivity contribution is -0.148. The smallest absolute Gasteiger partial charge is 0.308 e. The summed E-state index contributed by atoms with van der Waals surface area (Å²) in [5, 5.41) is 0. The molecule has 0 aromatic rings. The van der Waals surface area contributed by atoms with Crippen molar-refractivity contribution < 1.29 is 9.53 Å². The average Bonchev–Trinajstić information content (AvgIpc) is 2.38. The molecular formula is C16H32O2. The zero-order chi connectivity index (χ0) is 13.6. The molecule has 0 spiro atoms. The van der Waals surface area contributed by atoms with Crippen molar-refractivity contribution in [2.45, 2.75) is 85.0 Å². The molecule has 18 heavy (non-hydrogen) atoms. The van der Waals surface area contributed by atoms with E-state index in [9.17, 15) is 4.79 Å². The molecule has 0 atom stereocenters. The molecule has 0 aromatic heterocycles. The van der Waals surface area contributed by atoms with Crippen molar-refractivity contribution in [3.05, 3.63) is 0 Å². The summed E-state index contributed by atoms with van der Waals surface area (Å²) in [6.07, 6.45) is 12.1. The minimum atomic E-state index is 0.00273. The quantitative estimate of drug-likeness (QED) is 0.358. The fraction of sp³-hybridized carbons (Fsp3) is 0.938. The number of esters is 1. The predicted molar refractivity (Wildman–Crippen MR) is 77.6 cm³/mol. The van der Waals surface area contributed by atoms with Crippen LogP contribution in [0.3, 0.4) is 0 Å². The first kappa shape index (κ1) is 17.5. The van der Waals surface area contributed by atoms with E-state index in [2.05, 4.69) is 6.92 Å². The molecule has 0 aliphatic carbocycles. The van der Waals surface area contributed by atoms with Crippen LogP contribution < -0.4 is 0 Å². The van der Waals surface area contributed by atoms with Gasteiger partial charge >= 0.3 is 5.97 Å². The molecule has 0 unspecified atom stereocenters. The Bertz CT molecular complexity index is 186. The third-order valence-electron chi connectivity index (χ3n) is 3.56. The Hall–Kier alpha value is -0.530. The molecule has 2 nitrogen and oxygen atoms in total. The first-order valence-corrected chi connectivity index (χ1v) is 7.92. The van der Waals surface area contributed by atoms with Gasteiger partial charge in [-0.25, -0.2) is 0 Å². The normalized spacial score (nSPS) is 10.9. The van der Waals surface area contributed by atoms with Crippen LogP contribution in [-0.2, 0) is 9.53 Å². The zero-order valence-corrected chi connectivity index (χ0v) is 12.7. The maximum atomic E-state index is 11.6. The molecule has 0 bridgehead atoms. The highest BCUT2D eigenvalue weighted by Crippen LogP contribution is 2.11. The molecule has 0 saturated carbocycles. The topological polar surface area (TPSA) is 26.3 Å². The Morgan fingerprint density at radius 2 is 1.33 bits per heavy atom. The third-order valence-corrected chi connectivity index (χ3v) is 3.56. The van der Waals surface area contributed by atoms with Crippen molar-refractivity contribution in [3.63, 3.8) is 0 Å². The molecule has 0 saturated heterocycles. The van der Waals surface area contributed by atoms with Crippen molar-refractivity contribution >= 4 is 5.97 Å². The summed E-state index contributed by atoms with van der Waals surface area (Å²) in [4.78, 5) is 11.6. The Labute approximate surface area is 113 Å². The van der Waals surface area contributed by atoms with E-state index in [-0.39, 0.29) is 11.9 Å². The Morgan fingerprint density at radius 1 is 0.833 bits per heavy atom. The molecule has 0 aliphatic rings. The van der Waals surface area contributed by atoms with Crippen molar-refractivity contribution in [3.8, 4) is 0 Å². The van der Waals surface area contributed by atoms with E-state index in [1.165, 1.54) is 44.9 Å². The standard InChI is InChI=1S/C16H32O2/c1-4-7-8-9-10-11-12-13-14-18-16(17)15(5-2)6-3/h15H,4-14H2,1-3H3. The monoisotopic (exact) mass is 256 g/mol. The highest BCUT2D eigenvalue weighted by molar-refractivity contribution is 5.72. The van der Waals surface area contributed by atoms with Crippen molar-refractivity contribution in [2.75, 3.05) is 6.61 Å². The Kier molecular flexibility index (Phi) is 12.5. The van der Waals surface area contributed by atoms with Crippen molar-refractivity contribution in [2.24, 2.45) is 5.92 Å². The number of carbonyl (C=O) groups is 1. The van der Waals surface area contributed by atoms with Gasteiger partial charge in [-0.1, -0.05) is 65.7 Å². The molecule has 0 fully saturated rings. The lowest BCUT2D eigenvalue weighted by atomic mass is 10.0. The van der Waals surface area contributed by atoms with E-state index >= 15 is 0 Å². The molecule has 0 aromatic carbocycles. The number of unbranched alkanes of at least 4 members (excludes halogenated alkanes) is 7. The molecular weight excluding hydrogens is 224 g/mol. The van der Waals surface area contributed by atoms with Gasteiger partial charge in [0.15, 0.2) is 0 Å². The minimum Gasteiger partial charge on any atom is -0.465 e. The van der Waals surface area contributed by atoms with Gasteiger partial charge in [-0.3, -0.25) is 4.79 Å². The first-order valence-electron chi connectivity index (χ1n) is 7.92. The van der Waals surface area contributed by atoms with Gasteiger partial charge in [0.1, 0.15) is 0 Å². The number of rotatable bonds is 12. The van der Waals surface area contributed by atoms with E-state index in [0.29, 0.717) is 6.61 Å². The largest absolute Gasteiger partial charge is 0.465 e. The lowest BCUT2D eigenvalue weighted by Gasteiger charge is -2.11. The second-order valence-corrected chi connectivity index (χ2v) is 5.16. The van der Waals surface area contributed by atoms with Gasteiger partial charge < -0.3 is 4.74 Å². The maximum Gasteiger partial charge on any atom is 0.308 e. The molecule has 2 heteroatoms. The summed E-state index contributed by atoms with van der Waals surface area (Å²) in [6.45, 7) is 6.95. The van der Waals surface area contributed by atoms with Crippen LogP contribution in [0.25, 0.3) is 0 Å². The second-order valence-electron chi connectivity index (χ2n) is 5.16. The summed E-state index contributed by atoms with van der Waals surface area (Å²) in [6, 6.07) is 0. The highest BCUT2D eigenvalue weighted by Gasteiger charge is 2.14. The fourth-order valence-electron chi connectivity index (χ4n) is 2.15. The number of ether oxygens (including phenoxy) is 1. The van der Waals surface area contributed by atoms with E-state index < -0.39 is 0 Å². The maximum absolute atomic E-state index is 11.6. The van der Waals surface area contributed by atoms with Gasteiger partial charge in [0, 0.05) is 0 Å². The summed E-state index contributed by atoms with van der Waals surface area (Å²) < 4.78 is 5.29. The van der Waals surface area contributed by atoms with Gasteiger partial charge in [-0.2, -0.15) is 0 Å². The molecule has 0 N–H and O–H groups in total.